The van der Waals surface area contributed by atoms with Crippen molar-refractivity contribution in [1.29, 1.82) is 0 Å². The Labute approximate surface area is 148 Å². The maximum Gasteiger partial charge on any atom is 0.140 e. The van der Waals surface area contributed by atoms with Crippen molar-refractivity contribution in [3.8, 4) is 11.5 Å². The van der Waals surface area contributed by atoms with Crippen LogP contribution in [0.2, 0.25) is 0 Å². The Morgan fingerprint density at radius 3 is 1.91 bits per heavy atom. The number of hydrogen-bond donors (Lipinski definition) is 1. The molecular formula is C15H15O2PS4. The maximum absolute atomic E-state index is 5.26. The summed E-state index contributed by atoms with van der Waals surface area (Å²) in [6.07, 6.45) is 0. The van der Waals surface area contributed by atoms with Gasteiger partial charge in [0.2, 0.25) is 0 Å². The molecule has 0 N–H and O–H groups in total. The van der Waals surface area contributed by atoms with Gasteiger partial charge in [-0.25, -0.2) is 0 Å². The van der Waals surface area contributed by atoms with Gasteiger partial charge in [-0.3, -0.25) is 0 Å². The zero-order valence-corrected chi connectivity index (χ0v) is 16.3. The normalized spacial score (nSPS) is 23.7. The Bertz CT molecular complexity index is 631. The minimum absolute atomic E-state index is 0.00995. The predicted octanol–water partition coefficient (Wildman–Crippen LogP) is 5.51. The van der Waals surface area contributed by atoms with E-state index in [1.54, 1.807) is 25.0 Å². The maximum atomic E-state index is 5.26. The lowest BCUT2D eigenvalue weighted by molar-refractivity contribution is 0.414. The fraction of sp³-hybridized carbons (Fsp3) is 0.200. The van der Waals surface area contributed by atoms with Crippen molar-refractivity contribution in [2.45, 2.75) is 3.82 Å². The van der Waals surface area contributed by atoms with Crippen LogP contribution in [0.1, 0.15) is 5.56 Å². The molecule has 2 aromatic carbocycles. The second-order valence-electron chi connectivity index (χ2n) is 4.55. The molecule has 1 aliphatic rings. The number of benzene rings is 2. The van der Waals surface area contributed by atoms with Crippen LogP contribution >= 0.6 is 50.8 Å². The Kier molecular flexibility index (Phi) is 5.46. The molecular weight excluding hydrogens is 371 g/mol. The zero-order valence-electron chi connectivity index (χ0n) is 12.1. The molecule has 2 aromatic rings. The van der Waals surface area contributed by atoms with Crippen LogP contribution in [0, 0.1) is 0 Å². The highest BCUT2D eigenvalue weighted by Gasteiger charge is 2.51. The quantitative estimate of drug-likeness (QED) is 0.414. The fourth-order valence-corrected chi connectivity index (χ4v) is 15.2. The molecule has 0 spiro atoms. The molecule has 1 aliphatic heterocycles. The van der Waals surface area contributed by atoms with Crippen LogP contribution in [0.4, 0.5) is 0 Å². The molecule has 3 rings (SSSR count). The van der Waals surface area contributed by atoms with Crippen LogP contribution in [0.5, 0.6) is 11.5 Å². The molecule has 1 heterocycles. The molecule has 0 radical (unpaired) electrons. The first-order valence-electron chi connectivity index (χ1n) is 6.50. The summed E-state index contributed by atoms with van der Waals surface area (Å²) in [5.41, 5.74) is 1.29. The summed E-state index contributed by atoms with van der Waals surface area (Å²) in [4.78, 5) is 0. The van der Waals surface area contributed by atoms with Gasteiger partial charge in [0.05, 0.1) is 14.2 Å². The van der Waals surface area contributed by atoms with Crippen LogP contribution in [0.3, 0.4) is 0 Å². The molecule has 0 aliphatic carbocycles. The van der Waals surface area contributed by atoms with Crippen LogP contribution in [0.25, 0.3) is 0 Å². The smallest absolute Gasteiger partial charge is 0.140 e. The van der Waals surface area contributed by atoms with Gasteiger partial charge >= 0.3 is 0 Å². The van der Waals surface area contributed by atoms with Gasteiger partial charge in [0.25, 0.3) is 0 Å². The van der Waals surface area contributed by atoms with E-state index in [4.69, 9.17) is 9.47 Å². The van der Waals surface area contributed by atoms with Gasteiger partial charge in [-0.1, -0.05) is 44.1 Å². The van der Waals surface area contributed by atoms with E-state index < -0.39 is 0 Å². The van der Waals surface area contributed by atoms with Crippen LogP contribution < -0.4 is 14.8 Å². The third kappa shape index (κ3) is 2.96. The molecule has 1 fully saturated rings. The summed E-state index contributed by atoms with van der Waals surface area (Å²) >= 11 is 4.58. The van der Waals surface area contributed by atoms with Gasteiger partial charge in [0.15, 0.2) is 0 Å². The van der Waals surface area contributed by atoms with Crippen molar-refractivity contribution in [2.75, 3.05) is 14.2 Å². The molecule has 2 atom stereocenters. The Morgan fingerprint density at radius 2 is 1.50 bits per heavy atom. The minimum atomic E-state index is -0.378. The average Bonchev–Trinajstić information content (AvgIpc) is 2.56. The molecule has 0 saturated carbocycles. The van der Waals surface area contributed by atoms with Crippen molar-refractivity contribution in [3.63, 3.8) is 0 Å². The van der Waals surface area contributed by atoms with E-state index in [0.717, 1.165) is 11.5 Å². The van der Waals surface area contributed by atoms with E-state index >= 15 is 0 Å². The van der Waals surface area contributed by atoms with Gasteiger partial charge in [0, 0.05) is 7.12 Å². The monoisotopic (exact) mass is 386 g/mol. The number of thiol groups is 1. The molecule has 2 unspecified atom stereocenters. The van der Waals surface area contributed by atoms with E-state index in [9.17, 15) is 0 Å². The molecule has 22 heavy (non-hydrogen) atoms. The van der Waals surface area contributed by atoms with E-state index in [1.165, 1.54) is 10.9 Å². The number of rotatable bonds is 5. The van der Waals surface area contributed by atoms with Crippen molar-refractivity contribution < 1.29 is 9.47 Å². The largest absolute Gasteiger partial charge is 0.497 e. The van der Waals surface area contributed by atoms with Gasteiger partial charge < -0.3 is 9.47 Å². The van der Waals surface area contributed by atoms with E-state index in [-0.39, 0.29) is 10.9 Å². The number of ether oxygens (including phenoxy) is 2. The lowest BCUT2D eigenvalue weighted by Crippen LogP contribution is -2.23. The Morgan fingerprint density at radius 1 is 0.955 bits per heavy atom. The summed E-state index contributed by atoms with van der Waals surface area (Å²) in [7, 11) is 8.48. The lowest BCUT2D eigenvalue weighted by atomic mass is 10.2. The summed E-state index contributed by atoms with van der Waals surface area (Å²) in [6, 6.07) is 16.7. The third-order valence-electron chi connectivity index (χ3n) is 3.38. The molecule has 2 nitrogen and oxygen atoms in total. The van der Waals surface area contributed by atoms with Gasteiger partial charge in [0.1, 0.15) is 15.3 Å². The molecule has 1 saturated heterocycles. The van der Waals surface area contributed by atoms with Crippen molar-refractivity contribution >= 4 is 56.1 Å². The molecule has 0 amide bonds. The average molecular weight is 387 g/mol. The van der Waals surface area contributed by atoms with E-state index in [2.05, 4.69) is 35.9 Å². The SMILES string of the molecule is COc1ccc(P2SSC2(SS)c2ccc(OC)cc2)cc1. The van der Waals surface area contributed by atoms with E-state index in [1.807, 2.05) is 45.5 Å². The first-order chi connectivity index (χ1) is 10.7. The van der Waals surface area contributed by atoms with Crippen molar-refractivity contribution in [1.82, 2.24) is 0 Å². The summed E-state index contributed by atoms with van der Waals surface area (Å²) in [5.74, 6) is 1.78. The highest BCUT2D eigenvalue weighted by Crippen LogP contribution is 2.89. The highest BCUT2D eigenvalue weighted by molar-refractivity contribution is 9.10. The van der Waals surface area contributed by atoms with Gasteiger partial charge in [-0.15, -0.1) is 11.7 Å². The minimum Gasteiger partial charge on any atom is -0.497 e. The summed E-state index contributed by atoms with van der Waals surface area (Å²) < 4.78 is 10.5. The summed E-state index contributed by atoms with van der Waals surface area (Å²) in [6.45, 7) is 0. The molecule has 0 bridgehead atoms. The molecule has 0 aromatic heterocycles. The second-order valence-corrected chi connectivity index (χ2v) is 12.8. The van der Waals surface area contributed by atoms with Gasteiger partial charge in [-0.05, 0) is 47.3 Å². The highest BCUT2D eigenvalue weighted by atomic mass is 33.4. The predicted molar refractivity (Wildman–Crippen MR) is 106 cm³/mol. The third-order valence-corrected chi connectivity index (χ3v) is 16.1. The van der Waals surface area contributed by atoms with Crippen LogP contribution in [-0.2, 0) is 3.82 Å². The van der Waals surface area contributed by atoms with Crippen molar-refractivity contribution in [2.24, 2.45) is 0 Å². The van der Waals surface area contributed by atoms with Crippen LogP contribution in [0.15, 0.2) is 48.5 Å². The first kappa shape index (κ1) is 16.7. The lowest BCUT2D eigenvalue weighted by Gasteiger charge is -2.46. The Hall–Kier alpha value is -0.130. The zero-order chi connectivity index (χ0) is 15.6. The summed E-state index contributed by atoms with van der Waals surface area (Å²) in [5, 5.41) is 1.36. The second kappa shape index (κ2) is 7.18. The standard InChI is InChI=1S/C15H15O2PS4/c1-16-12-5-3-11(4-6-12)15(20-19)18(22-21-15)14-9-7-13(17-2)8-10-14/h3-10,19H,1-2H3. The molecule has 7 heteroatoms. The topological polar surface area (TPSA) is 18.5 Å². The first-order valence-corrected chi connectivity index (χ1v) is 12.5. The Balaban J connectivity index is 1.91. The molecule has 116 valence electrons. The number of methoxy groups -OCH3 is 2. The number of hydrogen-bond acceptors (Lipinski definition) is 6. The van der Waals surface area contributed by atoms with Crippen LogP contribution in [-0.4, -0.2) is 14.2 Å². The van der Waals surface area contributed by atoms with Crippen molar-refractivity contribution in [3.05, 3.63) is 54.1 Å². The fourth-order valence-electron chi connectivity index (χ4n) is 2.14. The van der Waals surface area contributed by atoms with E-state index in [0.29, 0.717) is 0 Å². The van der Waals surface area contributed by atoms with Gasteiger partial charge in [-0.2, -0.15) is 0 Å².